The van der Waals surface area contributed by atoms with Gasteiger partial charge < -0.3 is 15.2 Å². The maximum absolute atomic E-state index is 13.4. The zero-order chi connectivity index (χ0) is 30.0. The predicted molar refractivity (Wildman–Crippen MR) is 172 cm³/mol. The van der Waals surface area contributed by atoms with Crippen LogP contribution >= 0.6 is 0 Å². The highest BCUT2D eigenvalue weighted by Crippen LogP contribution is 2.40. The van der Waals surface area contributed by atoms with Gasteiger partial charge in [-0.05, 0) is 28.7 Å². The first-order valence-corrected chi connectivity index (χ1v) is 17.7. The number of carboxylic acid groups (broad SMARTS) is 1. The molecule has 5 nitrogen and oxygen atoms in total. The van der Waals surface area contributed by atoms with E-state index in [1.807, 2.05) is 97.1 Å². The summed E-state index contributed by atoms with van der Waals surface area (Å²) in [5, 5.41) is 14.0. The van der Waals surface area contributed by atoms with E-state index in [0.29, 0.717) is 6.42 Å². The van der Waals surface area contributed by atoms with Crippen molar-refractivity contribution in [1.29, 1.82) is 0 Å². The van der Waals surface area contributed by atoms with Crippen molar-refractivity contribution in [3.05, 3.63) is 138 Å². The van der Waals surface area contributed by atoms with Crippen LogP contribution in [0.5, 0.6) is 0 Å². The first-order valence-electron chi connectivity index (χ1n) is 14.6. The van der Waals surface area contributed by atoms with Gasteiger partial charge in [-0.3, -0.25) is 9.59 Å². The molecule has 1 amide bonds. The van der Waals surface area contributed by atoms with Gasteiger partial charge >= 0.3 is 5.97 Å². The molecule has 0 bridgehead atoms. The number of ether oxygens (including phenoxy) is 1. The highest BCUT2D eigenvalue weighted by Gasteiger charge is 2.38. The maximum atomic E-state index is 13.4. The molecule has 4 aromatic rings. The van der Waals surface area contributed by atoms with Gasteiger partial charge in [0.15, 0.2) is 0 Å². The van der Waals surface area contributed by atoms with Crippen molar-refractivity contribution >= 4 is 25.1 Å². The van der Waals surface area contributed by atoms with Crippen molar-refractivity contribution in [2.24, 2.45) is 0 Å². The highest BCUT2D eigenvalue weighted by atomic mass is 28.3. The Labute approximate surface area is 250 Å². The fraction of sp³-hybridized carbons (Fsp3) is 0.278. The first kappa shape index (κ1) is 30.9. The summed E-state index contributed by atoms with van der Waals surface area (Å²) in [4.78, 5) is 25.0. The van der Waals surface area contributed by atoms with Crippen LogP contribution in [0.4, 0.5) is 0 Å². The molecule has 0 radical (unpaired) electrons. The second-order valence-electron chi connectivity index (χ2n) is 11.5. The quantitative estimate of drug-likeness (QED) is 0.128. The molecular formula is C36H41NO4Si. The van der Waals surface area contributed by atoms with E-state index in [1.165, 1.54) is 5.19 Å². The van der Waals surface area contributed by atoms with Crippen LogP contribution in [0.15, 0.2) is 121 Å². The lowest BCUT2D eigenvalue weighted by Crippen LogP contribution is -2.48. The lowest BCUT2D eigenvalue weighted by molar-refractivity contribution is -0.137. The van der Waals surface area contributed by atoms with Crippen LogP contribution < -0.4 is 10.5 Å². The van der Waals surface area contributed by atoms with Gasteiger partial charge in [0.2, 0.25) is 5.91 Å². The summed E-state index contributed by atoms with van der Waals surface area (Å²) in [5.74, 6) is -0.983. The largest absolute Gasteiger partial charge is 0.481 e. The number of rotatable bonds is 14. The molecule has 0 aliphatic heterocycles. The van der Waals surface area contributed by atoms with Crippen LogP contribution in [-0.4, -0.2) is 37.7 Å². The van der Waals surface area contributed by atoms with Gasteiger partial charge in [0.1, 0.15) is 5.60 Å². The van der Waals surface area contributed by atoms with Crippen molar-refractivity contribution in [3.63, 3.8) is 0 Å². The molecular weight excluding hydrogens is 538 g/mol. The Kier molecular flexibility index (Phi) is 10.5. The molecule has 0 unspecified atom stereocenters. The summed E-state index contributed by atoms with van der Waals surface area (Å²) in [6.07, 6.45) is 0.575. The van der Waals surface area contributed by atoms with Crippen LogP contribution in [0.25, 0.3) is 0 Å². The van der Waals surface area contributed by atoms with E-state index in [2.05, 4.69) is 49.6 Å². The minimum absolute atomic E-state index is 0.0663. The average Bonchev–Trinajstić information content (AvgIpc) is 3.02. The van der Waals surface area contributed by atoms with Crippen LogP contribution in [0.3, 0.4) is 0 Å². The molecule has 6 heteroatoms. The van der Waals surface area contributed by atoms with Gasteiger partial charge in [-0.15, -0.1) is 0 Å². The molecule has 4 rings (SSSR count). The maximum Gasteiger partial charge on any atom is 0.303 e. The summed E-state index contributed by atoms with van der Waals surface area (Å²) >= 11 is 0. The predicted octanol–water partition coefficient (Wildman–Crippen LogP) is 6.74. The molecule has 0 spiro atoms. The van der Waals surface area contributed by atoms with Gasteiger partial charge in [0, 0.05) is 12.8 Å². The summed E-state index contributed by atoms with van der Waals surface area (Å²) in [6.45, 7) is 6.87. The third-order valence-corrected chi connectivity index (χ3v) is 12.8. The number of carbonyl (C=O) groups is 2. The van der Waals surface area contributed by atoms with Crippen molar-refractivity contribution < 1.29 is 19.4 Å². The van der Waals surface area contributed by atoms with Crippen molar-refractivity contribution in [3.8, 4) is 0 Å². The Hall–Kier alpha value is -4.00. The summed E-state index contributed by atoms with van der Waals surface area (Å²) in [6, 6.07) is 40.1. The lowest BCUT2D eigenvalue weighted by atomic mass is 9.80. The van der Waals surface area contributed by atoms with Gasteiger partial charge in [-0.1, -0.05) is 147 Å². The van der Waals surface area contributed by atoms with Gasteiger partial charge in [0.05, 0.1) is 20.7 Å². The van der Waals surface area contributed by atoms with E-state index < -0.39 is 25.7 Å². The molecule has 0 heterocycles. The molecule has 0 saturated carbocycles. The van der Waals surface area contributed by atoms with Crippen LogP contribution in [-0.2, 0) is 19.9 Å². The number of hydrogen-bond acceptors (Lipinski definition) is 3. The lowest BCUT2D eigenvalue weighted by Gasteiger charge is -2.37. The van der Waals surface area contributed by atoms with Crippen LogP contribution in [0, 0.1) is 0 Å². The standard InChI is InChI=1S/C36H41NO4Si/c1-28(42(2,3)33-22-14-7-15-23-33)26-34(38)37-32(24-25-35(39)40)27-41-36(29-16-8-4-9-17-29,30-18-10-5-11-19-30)31-20-12-6-13-21-31/h4-23,28,32H,24-27H2,1-3H3,(H,37,38)(H,39,40)/t28-,32-/m0/s1. The van der Waals surface area contributed by atoms with Crippen molar-refractivity contribution in [1.82, 2.24) is 5.32 Å². The normalized spacial score (nSPS) is 13.2. The summed E-state index contributed by atoms with van der Waals surface area (Å²) < 4.78 is 6.93. The fourth-order valence-corrected chi connectivity index (χ4v) is 7.78. The van der Waals surface area contributed by atoms with Crippen LogP contribution in [0.1, 0.15) is 42.9 Å². The Bertz CT molecular complexity index is 1320. The molecule has 4 aromatic carbocycles. The van der Waals surface area contributed by atoms with E-state index in [-0.39, 0.29) is 30.9 Å². The Balaban J connectivity index is 1.61. The van der Waals surface area contributed by atoms with Gasteiger partial charge in [0.25, 0.3) is 0 Å². The van der Waals surface area contributed by atoms with Gasteiger partial charge in [-0.2, -0.15) is 0 Å². The van der Waals surface area contributed by atoms with Crippen molar-refractivity contribution in [2.45, 2.75) is 56.5 Å². The number of amides is 1. The molecule has 0 fully saturated rings. The minimum atomic E-state index is -1.90. The zero-order valence-electron chi connectivity index (χ0n) is 24.7. The number of carbonyl (C=O) groups excluding carboxylic acids is 1. The zero-order valence-corrected chi connectivity index (χ0v) is 25.7. The van der Waals surface area contributed by atoms with Gasteiger partial charge in [-0.25, -0.2) is 0 Å². The van der Waals surface area contributed by atoms with Crippen LogP contribution in [0.2, 0.25) is 18.6 Å². The van der Waals surface area contributed by atoms with E-state index in [9.17, 15) is 14.7 Å². The second-order valence-corrected chi connectivity index (χ2v) is 16.5. The third-order valence-electron chi connectivity index (χ3n) is 8.36. The smallest absolute Gasteiger partial charge is 0.303 e. The number of aliphatic carboxylic acids is 1. The monoisotopic (exact) mass is 579 g/mol. The molecule has 0 aliphatic rings. The minimum Gasteiger partial charge on any atom is -0.481 e. The molecule has 42 heavy (non-hydrogen) atoms. The Morgan fingerprint density at radius 2 is 1.19 bits per heavy atom. The van der Waals surface area contributed by atoms with Crippen molar-refractivity contribution in [2.75, 3.05) is 6.61 Å². The number of hydrogen-bond donors (Lipinski definition) is 2. The molecule has 2 atom stereocenters. The van der Waals surface area contributed by atoms with E-state index in [0.717, 1.165) is 16.7 Å². The summed E-state index contributed by atoms with van der Waals surface area (Å²) in [7, 11) is -1.90. The average molecular weight is 580 g/mol. The van der Waals surface area contributed by atoms with E-state index in [4.69, 9.17) is 4.74 Å². The number of benzene rings is 4. The molecule has 2 N–H and O–H groups in total. The first-order chi connectivity index (χ1) is 20.2. The van der Waals surface area contributed by atoms with E-state index >= 15 is 0 Å². The highest BCUT2D eigenvalue weighted by molar-refractivity contribution is 6.91. The third kappa shape index (κ3) is 7.44. The number of nitrogens with one attached hydrogen (secondary N) is 1. The van der Waals surface area contributed by atoms with E-state index in [1.54, 1.807) is 0 Å². The molecule has 0 aliphatic carbocycles. The SMILES string of the molecule is C[C@@H](CC(=O)N[C@@H](CCC(=O)O)COC(c1ccccc1)(c1ccccc1)c1ccccc1)[Si](C)(C)c1ccccc1. The Morgan fingerprint density at radius 3 is 1.62 bits per heavy atom. The Morgan fingerprint density at radius 1 is 0.762 bits per heavy atom. The number of carboxylic acids is 1. The molecule has 0 saturated heterocycles. The second kappa shape index (κ2) is 14.3. The topological polar surface area (TPSA) is 75.6 Å². The molecule has 218 valence electrons. The molecule has 0 aromatic heterocycles. The fourth-order valence-electron chi connectivity index (χ4n) is 5.46. The summed E-state index contributed by atoms with van der Waals surface area (Å²) in [5.41, 5.74) is 2.10.